The molecular weight excluding hydrogens is 266 g/mol. The van der Waals surface area contributed by atoms with Crippen LogP contribution in [0.25, 0.3) is 0 Å². The molecule has 0 radical (unpaired) electrons. The zero-order valence-electron chi connectivity index (χ0n) is 12.4. The minimum Gasteiger partial charge on any atom is -0.381 e. The SMILES string of the molecule is O=C(NN1CCCCC1)c1cccc(C2CCOCC2)n1. The Labute approximate surface area is 125 Å². The molecule has 0 atom stereocenters. The molecule has 1 aromatic heterocycles. The van der Waals surface area contributed by atoms with Crippen molar-refractivity contribution in [1.82, 2.24) is 15.4 Å². The van der Waals surface area contributed by atoms with Gasteiger partial charge in [0.25, 0.3) is 5.91 Å². The Balaban J connectivity index is 1.65. The van der Waals surface area contributed by atoms with Crippen LogP contribution < -0.4 is 5.43 Å². The van der Waals surface area contributed by atoms with Gasteiger partial charge in [-0.05, 0) is 37.8 Å². The number of amides is 1. The van der Waals surface area contributed by atoms with Crippen LogP contribution in [0, 0.1) is 0 Å². The zero-order valence-corrected chi connectivity index (χ0v) is 12.4. The molecule has 114 valence electrons. The van der Waals surface area contributed by atoms with E-state index in [1.54, 1.807) is 6.07 Å². The van der Waals surface area contributed by atoms with Gasteiger partial charge in [-0.25, -0.2) is 9.99 Å². The van der Waals surface area contributed by atoms with Crippen LogP contribution >= 0.6 is 0 Å². The molecule has 0 bridgehead atoms. The number of rotatable bonds is 3. The van der Waals surface area contributed by atoms with E-state index in [2.05, 4.69) is 10.4 Å². The van der Waals surface area contributed by atoms with Crippen LogP contribution in [-0.2, 0) is 4.74 Å². The molecule has 21 heavy (non-hydrogen) atoms. The van der Waals surface area contributed by atoms with E-state index in [1.165, 1.54) is 6.42 Å². The predicted octanol–water partition coefficient (Wildman–Crippen LogP) is 2.11. The van der Waals surface area contributed by atoms with E-state index in [9.17, 15) is 4.79 Å². The molecule has 0 unspecified atom stereocenters. The van der Waals surface area contributed by atoms with Crippen LogP contribution in [0.1, 0.15) is 54.2 Å². The Morgan fingerprint density at radius 1 is 1.19 bits per heavy atom. The summed E-state index contributed by atoms with van der Waals surface area (Å²) in [6, 6.07) is 5.75. The Kier molecular flexibility index (Phi) is 4.83. The van der Waals surface area contributed by atoms with Gasteiger partial charge in [-0.2, -0.15) is 0 Å². The average Bonchev–Trinajstić information content (AvgIpc) is 2.57. The molecule has 0 aliphatic carbocycles. The fourth-order valence-corrected chi connectivity index (χ4v) is 3.01. The zero-order chi connectivity index (χ0) is 14.5. The van der Waals surface area contributed by atoms with Crippen LogP contribution in [-0.4, -0.2) is 42.2 Å². The number of hydrogen-bond donors (Lipinski definition) is 1. The number of ether oxygens (including phenoxy) is 1. The summed E-state index contributed by atoms with van der Waals surface area (Å²) in [7, 11) is 0. The van der Waals surface area contributed by atoms with Crippen molar-refractivity contribution in [2.24, 2.45) is 0 Å². The van der Waals surface area contributed by atoms with Crippen molar-refractivity contribution in [3.63, 3.8) is 0 Å². The van der Waals surface area contributed by atoms with Crippen LogP contribution in [0.3, 0.4) is 0 Å². The summed E-state index contributed by atoms with van der Waals surface area (Å²) in [6.07, 6.45) is 5.53. The first-order valence-electron chi connectivity index (χ1n) is 7.93. The largest absolute Gasteiger partial charge is 0.381 e. The lowest BCUT2D eigenvalue weighted by molar-refractivity contribution is 0.0742. The lowest BCUT2D eigenvalue weighted by Gasteiger charge is -2.27. The van der Waals surface area contributed by atoms with Gasteiger partial charge < -0.3 is 4.74 Å². The van der Waals surface area contributed by atoms with Gasteiger partial charge in [-0.15, -0.1) is 0 Å². The van der Waals surface area contributed by atoms with Crippen molar-refractivity contribution in [2.75, 3.05) is 26.3 Å². The van der Waals surface area contributed by atoms with Crippen molar-refractivity contribution in [3.8, 4) is 0 Å². The van der Waals surface area contributed by atoms with Gasteiger partial charge >= 0.3 is 0 Å². The van der Waals surface area contributed by atoms with Crippen molar-refractivity contribution < 1.29 is 9.53 Å². The summed E-state index contributed by atoms with van der Waals surface area (Å²) in [5.74, 6) is 0.326. The van der Waals surface area contributed by atoms with E-state index in [0.717, 1.165) is 57.7 Å². The number of carbonyl (C=O) groups is 1. The Hall–Kier alpha value is -1.46. The highest BCUT2D eigenvalue weighted by Crippen LogP contribution is 2.25. The van der Waals surface area contributed by atoms with E-state index in [0.29, 0.717) is 11.6 Å². The third-order valence-corrected chi connectivity index (χ3v) is 4.26. The predicted molar refractivity (Wildman–Crippen MR) is 79.9 cm³/mol. The number of hydrazine groups is 1. The highest BCUT2D eigenvalue weighted by Gasteiger charge is 2.19. The number of carbonyl (C=O) groups excluding carboxylic acids is 1. The summed E-state index contributed by atoms with van der Waals surface area (Å²) in [5.41, 5.74) is 4.51. The van der Waals surface area contributed by atoms with Gasteiger partial charge in [0.05, 0.1) is 0 Å². The topological polar surface area (TPSA) is 54.5 Å². The first kappa shape index (κ1) is 14.5. The fourth-order valence-electron chi connectivity index (χ4n) is 3.01. The van der Waals surface area contributed by atoms with Gasteiger partial charge in [0.1, 0.15) is 5.69 Å². The van der Waals surface area contributed by atoms with Crippen LogP contribution in [0.2, 0.25) is 0 Å². The van der Waals surface area contributed by atoms with E-state index < -0.39 is 0 Å². The average molecular weight is 289 g/mol. The van der Waals surface area contributed by atoms with Gasteiger partial charge in [-0.1, -0.05) is 12.5 Å². The van der Waals surface area contributed by atoms with Gasteiger partial charge in [0.2, 0.25) is 0 Å². The van der Waals surface area contributed by atoms with Gasteiger partial charge in [0.15, 0.2) is 0 Å². The Morgan fingerprint density at radius 2 is 1.95 bits per heavy atom. The van der Waals surface area contributed by atoms with Crippen molar-refractivity contribution in [3.05, 3.63) is 29.6 Å². The standard InChI is InChI=1S/C16H23N3O2/c20-16(18-19-9-2-1-3-10-19)15-6-4-5-14(17-15)13-7-11-21-12-8-13/h4-6,13H,1-3,7-12H2,(H,18,20). The molecule has 5 nitrogen and oxygen atoms in total. The molecule has 0 saturated carbocycles. The quantitative estimate of drug-likeness (QED) is 0.926. The number of nitrogens with one attached hydrogen (secondary N) is 1. The van der Waals surface area contributed by atoms with Crippen LogP contribution in [0.5, 0.6) is 0 Å². The summed E-state index contributed by atoms with van der Waals surface area (Å²) < 4.78 is 5.39. The molecule has 3 rings (SSSR count). The smallest absolute Gasteiger partial charge is 0.284 e. The first-order valence-corrected chi connectivity index (χ1v) is 7.93. The van der Waals surface area contributed by atoms with E-state index in [-0.39, 0.29) is 5.91 Å². The minimum atomic E-state index is -0.0918. The third-order valence-electron chi connectivity index (χ3n) is 4.26. The lowest BCUT2D eigenvalue weighted by Crippen LogP contribution is -2.45. The van der Waals surface area contributed by atoms with Crippen molar-refractivity contribution in [2.45, 2.75) is 38.0 Å². The van der Waals surface area contributed by atoms with E-state index in [4.69, 9.17) is 4.74 Å². The van der Waals surface area contributed by atoms with Crippen LogP contribution in [0.15, 0.2) is 18.2 Å². The molecule has 1 amide bonds. The Morgan fingerprint density at radius 3 is 2.71 bits per heavy atom. The second-order valence-corrected chi connectivity index (χ2v) is 5.82. The molecule has 2 saturated heterocycles. The molecule has 0 aromatic carbocycles. The monoisotopic (exact) mass is 289 g/mol. The second-order valence-electron chi connectivity index (χ2n) is 5.82. The van der Waals surface area contributed by atoms with Crippen LogP contribution in [0.4, 0.5) is 0 Å². The van der Waals surface area contributed by atoms with Crippen molar-refractivity contribution in [1.29, 1.82) is 0 Å². The normalized spacial score (nSPS) is 21.1. The number of nitrogens with zero attached hydrogens (tertiary/aromatic N) is 2. The highest BCUT2D eigenvalue weighted by molar-refractivity contribution is 5.91. The van der Waals surface area contributed by atoms with E-state index >= 15 is 0 Å². The second kappa shape index (κ2) is 7.00. The molecule has 0 spiro atoms. The summed E-state index contributed by atoms with van der Waals surface area (Å²) in [4.78, 5) is 16.9. The number of hydrogen-bond acceptors (Lipinski definition) is 4. The van der Waals surface area contributed by atoms with Crippen molar-refractivity contribution >= 4 is 5.91 Å². The molecule has 2 fully saturated rings. The third kappa shape index (κ3) is 3.80. The van der Waals surface area contributed by atoms with E-state index in [1.807, 2.05) is 17.1 Å². The molecular formula is C16H23N3O2. The molecule has 1 aromatic rings. The number of aromatic nitrogens is 1. The molecule has 3 heterocycles. The number of piperidine rings is 1. The number of pyridine rings is 1. The highest BCUT2D eigenvalue weighted by atomic mass is 16.5. The summed E-state index contributed by atoms with van der Waals surface area (Å²) in [5, 5.41) is 2.01. The fraction of sp³-hybridized carbons (Fsp3) is 0.625. The summed E-state index contributed by atoms with van der Waals surface area (Å²) in [6.45, 7) is 3.45. The minimum absolute atomic E-state index is 0.0918. The molecule has 2 aliphatic rings. The Bertz CT molecular complexity index is 480. The summed E-state index contributed by atoms with van der Waals surface area (Å²) >= 11 is 0. The first-order chi connectivity index (χ1) is 10.3. The molecule has 2 aliphatic heterocycles. The van der Waals surface area contributed by atoms with Gasteiger partial charge in [0, 0.05) is 37.9 Å². The maximum absolute atomic E-state index is 12.3. The maximum Gasteiger partial charge on any atom is 0.284 e. The molecule has 1 N–H and O–H groups in total. The lowest BCUT2D eigenvalue weighted by atomic mass is 9.96. The maximum atomic E-state index is 12.3. The van der Waals surface area contributed by atoms with Gasteiger partial charge in [-0.3, -0.25) is 10.2 Å². The molecule has 5 heteroatoms.